The number of amides is 1. The minimum atomic E-state index is -1.08. The molecule has 2 aromatic carbocycles. The van der Waals surface area contributed by atoms with Crippen molar-refractivity contribution in [3.05, 3.63) is 42.0 Å². The molecule has 5 nitrogen and oxygen atoms in total. The molecule has 136 valence electrons. The molecule has 0 unspecified atom stereocenters. The molecular weight excluding hydrogens is 333 g/mol. The number of benzene rings is 2. The van der Waals surface area contributed by atoms with Crippen LogP contribution >= 0.6 is 0 Å². The Kier molecular flexibility index (Phi) is 3.98. The molecule has 2 aliphatic rings. The Balaban J connectivity index is 1.51. The second kappa shape index (κ2) is 6.20. The fraction of sp³-hybridized carbons (Fsp3) is 0.350. The third-order valence-corrected chi connectivity index (χ3v) is 4.74. The topological polar surface area (TPSA) is 53.6 Å². The molecule has 0 radical (unpaired) electrons. The highest BCUT2D eigenvalue weighted by Crippen LogP contribution is 2.35. The number of nitrogens with zero attached hydrogens (tertiary/aromatic N) is 1. The standard InChI is InChI=1S/C20H22FN3O2/c1-13-9-15(24-11-20(2,21)12-24)4-6-16(13)22-14-3-5-17-18(10-14)26-8-7-19(25)23-17/h3-6,9-10,22H,7-8,11-12H2,1-2H3,(H,23,25). The molecule has 26 heavy (non-hydrogen) atoms. The van der Waals surface area contributed by atoms with Gasteiger partial charge in [0, 0.05) is 23.1 Å². The van der Waals surface area contributed by atoms with Crippen LogP contribution in [0.2, 0.25) is 0 Å². The first kappa shape index (κ1) is 16.7. The number of anilines is 4. The third-order valence-electron chi connectivity index (χ3n) is 4.74. The van der Waals surface area contributed by atoms with E-state index in [4.69, 9.17) is 4.74 Å². The number of carbonyl (C=O) groups is 1. The molecule has 2 N–H and O–H groups in total. The summed E-state index contributed by atoms with van der Waals surface area (Å²) in [5.74, 6) is 0.629. The van der Waals surface area contributed by atoms with Crippen LogP contribution in [0.15, 0.2) is 36.4 Å². The Hall–Kier alpha value is -2.76. The number of aryl methyl sites for hydroxylation is 1. The van der Waals surface area contributed by atoms with E-state index < -0.39 is 5.67 Å². The Morgan fingerprint density at radius 1 is 1.23 bits per heavy atom. The van der Waals surface area contributed by atoms with E-state index in [0.29, 0.717) is 37.6 Å². The van der Waals surface area contributed by atoms with Gasteiger partial charge < -0.3 is 20.3 Å². The van der Waals surface area contributed by atoms with Gasteiger partial charge in [0.15, 0.2) is 0 Å². The Bertz CT molecular complexity index is 858. The zero-order valence-corrected chi connectivity index (χ0v) is 14.9. The van der Waals surface area contributed by atoms with Gasteiger partial charge in [-0.3, -0.25) is 4.79 Å². The first-order chi connectivity index (χ1) is 12.4. The summed E-state index contributed by atoms with van der Waals surface area (Å²) in [6, 6.07) is 11.7. The lowest BCUT2D eigenvalue weighted by atomic mass is 9.97. The minimum Gasteiger partial charge on any atom is -0.491 e. The zero-order chi connectivity index (χ0) is 18.3. The van der Waals surface area contributed by atoms with Crippen LogP contribution in [0.3, 0.4) is 0 Å². The fourth-order valence-corrected chi connectivity index (χ4v) is 3.36. The van der Waals surface area contributed by atoms with Crippen molar-refractivity contribution in [1.29, 1.82) is 0 Å². The highest BCUT2D eigenvalue weighted by atomic mass is 19.1. The summed E-state index contributed by atoms with van der Waals surface area (Å²) < 4.78 is 19.4. The summed E-state index contributed by atoms with van der Waals surface area (Å²) in [4.78, 5) is 13.6. The number of carbonyl (C=O) groups excluding carboxylic acids is 1. The van der Waals surface area contributed by atoms with Crippen LogP contribution in [0.1, 0.15) is 18.9 Å². The van der Waals surface area contributed by atoms with Gasteiger partial charge in [-0.05, 0) is 49.7 Å². The lowest BCUT2D eigenvalue weighted by molar-refractivity contribution is -0.116. The number of rotatable bonds is 3. The fourth-order valence-electron chi connectivity index (χ4n) is 3.36. The van der Waals surface area contributed by atoms with Crippen LogP contribution in [0.5, 0.6) is 5.75 Å². The smallest absolute Gasteiger partial charge is 0.227 e. The average molecular weight is 355 g/mol. The summed E-state index contributed by atoms with van der Waals surface area (Å²) in [5, 5.41) is 6.22. The van der Waals surface area contributed by atoms with Crippen LogP contribution in [0, 0.1) is 6.92 Å². The van der Waals surface area contributed by atoms with E-state index in [9.17, 15) is 9.18 Å². The van der Waals surface area contributed by atoms with E-state index >= 15 is 0 Å². The predicted molar refractivity (Wildman–Crippen MR) is 101 cm³/mol. The molecule has 2 aliphatic heterocycles. The summed E-state index contributed by atoms with van der Waals surface area (Å²) in [6.45, 7) is 4.91. The molecule has 1 saturated heterocycles. The Morgan fingerprint density at radius 3 is 2.77 bits per heavy atom. The zero-order valence-electron chi connectivity index (χ0n) is 14.9. The number of nitrogens with one attached hydrogen (secondary N) is 2. The molecule has 0 aliphatic carbocycles. The van der Waals surface area contributed by atoms with Crippen LogP contribution in [-0.2, 0) is 4.79 Å². The summed E-state index contributed by atoms with van der Waals surface area (Å²) in [6.07, 6.45) is 0.354. The van der Waals surface area contributed by atoms with Crippen molar-refractivity contribution >= 4 is 28.7 Å². The second-order valence-corrected chi connectivity index (χ2v) is 7.25. The van der Waals surface area contributed by atoms with Crippen molar-refractivity contribution in [3.8, 4) is 5.75 Å². The average Bonchev–Trinajstić information content (AvgIpc) is 2.74. The van der Waals surface area contributed by atoms with Crippen LogP contribution in [0.4, 0.5) is 27.1 Å². The van der Waals surface area contributed by atoms with E-state index in [1.165, 1.54) is 0 Å². The molecule has 0 spiro atoms. The van der Waals surface area contributed by atoms with Crippen LogP contribution in [0.25, 0.3) is 0 Å². The van der Waals surface area contributed by atoms with Crippen molar-refractivity contribution < 1.29 is 13.9 Å². The largest absolute Gasteiger partial charge is 0.491 e. The van der Waals surface area contributed by atoms with Gasteiger partial charge in [-0.15, -0.1) is 0 Å². The molecular formula is C20H22FN3O2. The number of hydrogen-bond acceptors (Lipinski definition) is 4. The minimum absolute atomic E-state index is 0.0359. The van der Waals surface area contributed by atoms with Crippen molar-refractivity contribution in [2.45, 2.75) is 25.9 Å². The number of alkyl halides is 1. The lowest BCUT2D eigenvalue weighted by Crippen LogP contribution is -2.57. The molecule has 0 saturated carbocycles. The highest BCUT2D eigenvalue weighted by Gasteiger charge is 2.38. The molecule has 4 rings (SSSR count). The third kappa shape index (κ3) is 3.31. The maximum atomic E-state index is 13.7. The van der Waals surface area contributed by atoms with E-state index in [1.807, 2.05) is 42.2 Å². The number of ether oxygens (including phenoxy) is 1. The van der Waals surface area contributed by atoms with E-state index in [2.05, 4.69) is 16.7 Å². The van der Waals surface area contributed by atoms with Crippen LogP contribution < -0.4 is 20.3 Å². The molecule has 6 heteroatoms. The normalized spacial score (nSPS) is 18.1. The van der Waals surface area contributed by atoms with Gasteiger partial charge in [-0.2, -0.15) is 0 Å². The summed E-state index contributed by atoms with van der Waals surface area (Å²) in [5.41, 5.74) is 3.60. The molecule has 2 heterocycles. The monoisotopic (exact) mass is 355 g/mol. The summed E-state index contributed by atoms with van der Waals surface area (Å²) in [7, 11) is 0. The van der Waals surface area contributed by atoms with Gasteiger partial charge in [0.05, 0.1) is 31.8 Å². The van der Waals surface area contributed by atoms with E-state index in [-0.39, 0.29) is 5.91 Å². The second-order valence-electron chi connectivity index (χ2n) is 7.25. The molecule has 0 bridgehead atoms. The maximum Gasteiger partial charge on any atom is 0.227 e. The Labute approximate surface area is 152 Å². The predicted octanol–water partition coefficient (Wildman–Crippen LogP) is 4.01. The van der Waals surface area contributed by atoms with E-state index in [0.717, 1.165) is 22.6 Å². The number of hydrogen-bond donors (Lipinski definition) is 2. The molecule has 2 aromatic rings. The Morgan fingerprint density at radius 2 is 2.04 bits per heavy atom. The first-order valence-corrected chi connectivity index (χ1v) is 8.78. The van der Waals surface area contributed by atoms with Crippen LogP contribution in [-0.4, -0.2) is 31.3 Å². The van der Waals surface area contributed by atoms with Crippen molar-refractivity contribution in [3.63, 3.8) is 0 Å². The molecule has 0 aromatic heterocycles. The van der Waals surface area contributed by atoms with Crippen molar-refractivity contribution in [1.82, 2.24) is 0 Å². The SMILES string of the molecule is Cc1cc(N2CC(C)(F)C2)ccc1Nc1ccc2c(c1)OCCC(=O)N2. The van der Waals surface area contributed by atoms with Gasteiger partial charge in [-0.25, -0.2) is 4.39 Å². The van der Waals surface area contributed by atoms with Gasteiger partial charge in [0.1, 0.15) is 11.4 Å². The number of fused-ring (bicyclic) bond motifs is 1. The van der Waals surface area contributed by atoms with Crippen molar-refractivity contribution in [2.75, 3.05) is 35.2 Å². The molecule has 1 amide bonds. The van der Waals surface area contributed by atoms with E-state index in [1.54, 1.807) is 6.92 Å². The summed E-state index contributed by atoms with van der Waals surface area (Å²) >= 11 is 0. The van der Waals surface area contributed by atoms with Crippen molar-refractivity contribution in [2.24, 2.45) is 0 Å². The van der Waals surface area contributed by atoms with Gasteiger partial charge >= 0.3 is 0 Å². The quantitative estimate of drug-likeness (QED) is 0.874. The van der Waals surface area contributed by atoms with Gasteiger partial charge in [-0.1, -0.05) is 0 Å². The first-order valence-electron chi connectivity index (χ1n) is 8.78. The maximum absolute atomic E-state index is 13.7. The highest BCUT2D eigenvalue weighted by molar-refractivity contribution is 5.93. The lowest BCUT2D eigenvalue weighted by Gasteiger charge is -2.44. The van der Waals surface area contributed by atoms with Gasteiger partial charge in [0.2, 0.25) is 5.91 Å². The molecule has 1 fully saturated rings. The number of halogens is 1. The molecule has 0 atom stereocenters. The van der Waals surface area contributed by atoms with Gasteiger partial charge in [0.25, 0.3) is 0 Å².